The molecule has 0 bridgehead atoms. The first-order chi connectivity index (χ1) is 15.5. The summed E-state index contributed by atoms with van der Waals surface area (Å²) in [7, 11) is 0. The van der Waals surface area contributed by atoms with Crippen LogP contribution in [-0.2, 0) is 4.79 Å². The van der Waals surface area contributed by atoms with Gasteiger partial charge < -0.3 is 5.11 Å². The molecule has 5 rings (SSSR count). The Hall–Kier alpha value is -3.49. The van der Waals surface area contributed by atoms with E-state index in [9.17, 15) is 14.7 Å². The second-order valence-corrected chi connectivity index (χ2v) is 8.69. The summed E-state index contributed by atoms with van der Waals surface area (Å²) in [5.41, 5.74) is 1.77. The molecule has 0 aliphatic carbocycles. The molecule has 0 saturated carbocycles. The number of rotatable bonds is 2. The smallest absolute Gasteiger partial charge is 0.268 e. The fourth-order valence-electron chi connectivity index (χ4n) is 3.72. The highest BCUT2D eigenvalue weighted by Gasteiger charge is 2.37. The lowest BCUT2D eigenvalue weighted by molar-refractivity contribution is -0.124. The number of hydrogen-bond donors (Lipinski definition) is 1. The largest absolute Gasteiger partial charge is 0.508 e. The average molecular weight is 460 g/mol. The molecular weight excluding hydrogens is 442 g/mol. The predicted molar refractivity (Wildman–Crippen MR) is 130 cm³/mol. The summed E-state index contributed by atoms with van der Waals surface area (Å²) >= 11 is 7.19. The molecule has 1 atom stereocenters. The zero-order valence-electron chi connectivity index (χ0n) is 16.7. The predicted octanol–water partition coefficient (Wildman–Crippen LogP) is 4.18. The molecule has 32 heavy (non-hydrogen) atoms. The van der Waals surface area contributed by atoms with E-state index in [0.717, 1.165) is 11.1 Å². The van der Waals surface area contributed by atoms with Crippen LogP contribution in [0.15, 0.2) is 83.7 Å². The number of aromatic hydroxyl groups is 1. The number of carbonyl (C=O) groups is 1. The van der Waals surface area contributed by atoms with E-state index in [1.54, 1.807) is 42.5 Å². The first-order valence-corrected chi connectivity index (χ1v) is 11.3. The van der Waals surface area contributed by atoms with Gasteiger partial charge in [-0.15, -0.1) is 11.8 Å². The van der Waals surface area contributed by atoms with Crippen LogP contribution in [0, 0.1) is 0 Å². The van der Waals surface area contributed by atoms with Crippen LogP contribution in [0.3, 0.4) is 0 Å². The molecule has 0 spiro atoms. The van der Waals surface area contributed by atoms with E-state index in [1.807, 2.05) is 36.4 Å². The Balaban J connectivity index is 1.70. The van der Waals surface area contributed by atoms with Crippen LogP contribution >= 0.6 is 24.0 Å². The Labute approximate surface area is 193 Å². The molecule has 6 nitrogen and oxygen atoms in total. The van der Waals surface area contributed by atoms with Crippen LogP contribution in [0.5, 0.6) is 5.75 Å². The zero-order chi connectivity index (χ0) is 22.2. The molecule has 1 N–H and O–H groups in total. The van der Waals surface area contributed by atoms with Gasteiger partial charge in [-0.1, -0.05) is 54.6 Å². The molecule has 3 aromatic carbocycles. The van der Waals surface area contributed by atoms with Gasteiger partial charge in [-0.25, -0.2) is 9.55 Å². The van der Waals surface area contributed by atoms with Gasteiger partial charge in [0.05, 0.1) is 16.7 Å². The van der Waals surface area contributed by atoms with Gasteiger partial charge in [0.25, 0.3) is 5.56 Å². The number of fused-ring (bicyclic) bond motifs is 1. The van der Waals surface area contributed by atoms with Crippen LogP contribution in [-0.4, -0.2) is 36.3 Å². The van der Waals surface area contributed by atoms with Gasteiger partial charge in [0.15, 0.2) is 5.11 Å². The monoisotopic (exact) mass is 459 g/mol. The molecule has 1 amide bonds. The van der Waals surface area contributed by atoms with Crippen molar-refractivity contribution in [1.29, 1.82) is 0 Å². The summed E-state index contributed by atoms with van der Waals surface area (Å²) in [5.74, 6) is 0.575. The van der Waals surface area contributed by atoms with Crippen LogP contribution in [0.4, 0.5) is 0 Å². The fourth-order valence-corrected chi connectivity index (χ4v) is 5.31. The van der Waals surface area contributed by atoms with Crippen molar-refractivity contribution in [3.8, 4) is 17.1 Å². The SMILES string of the molecule is O=C1CSC(c2ccc(O)cc2)N1C(=S)n1c(-c2ccccc2)nc2ccccc2c1=O. The average Bonchev–Trinajstić information content (AvgIpc) is 3.21. The van der Waals surface area contributed by atoms with Gasteiger partial charge in [-0.3, -0.25) is 14.5 Å². The van der Waals surface area contributed by atoms with Crippen molar-refractivity contribution >= 4 is 45.9 Å². The number of nitrogens with zero attached hydrogens (tertiary/aromatic N) is 3. The third-order valence-electron chi connectivity index (χ3n) is 5.25. The topological polar surface area (TPSA) is 75.4 Å². The highest BCUT2D eigenvalue weighted by Crippen LogP contribution is 2.39. The first-order valence-electron chi connectivity index (χ1n) is 9.89. The van der Waals surface area contributed by atoms with Gasteiger partial charge in [0, 0.05) is 5.56 Å². The number of thiocarbonyl (C=S) groups is 1. The van der Waals surface area contributed by atoms with Crippen molar-refractivity contribution in [3.63, 3.8) is 0 Å². The molecule has 8 heteroatoms. The van der Waals surface area contributed by atoms with Gasteiger partial charge in [-0.2, -0.15) is 0 Å². The Morgan fingerprint density at radius 2 is 1.66 bits per heavy atom. The van der Waals surface area contributed by atoms with Gasteiger partial charge >= 0.3 is 0 Å². The third-order valence-corrected chi connectivity index (χ3v) is 6.84. The number of carbonyl (C=O) groups excluding carboxylic acids is 1. The summed E-state index contributed by atoms with van der Waals surface area (Å²) in [6, 6.07) is 23.0. The quantitative estimate of drug-likeness (QED) is 0.454. The molecule has 1 aliphatic heterocycles. The molecule has 1 aromatic heterocycles. The number of benzene rings is 3. The normalized spacial score (nSPS) is 15.9. The summed E-state index contributed by atoms with van der Waals surface area (Å²) in [6.45, 7) is 0. The number of phenols is 1. The minimum atomic E-state index is -0.405. The van der Waals surface area contributed by atoms with Crippen LogP contribution in [0.25, 0.3) is 22.3 Å². The highest BCUT2D eigenvalue weighted by molar-refractivity contribution is 8.00. The standard InChI is InChI=1S/C24H17N3O3S2/c28-17-12-10-16(11-13-17)23-26(20(29)14-32-23)24(31)27-21(15-6-2-1-3-7-15)25-19-9-5-4-8-18(19)22(27)30/h1-13,23,28H,14H2. The van der Waals surface area contributed by atoms with Crippen LogP contribution in [0.2, 0.25) is 0 Å². The van der Waals surface area contributed by atoms with Crippen molar-refractivity contribution in [2.45, 2.75) is 5.37 Å². The number of para-hydroxylation sites is 1. The maximum Gasteiger partial charge on any atom is 0.268 e. The molecular formula is C24H17N3O3S2. The molecule has 1 aliphatic rings. The minimum Gasteiger partial charge on any atom is -0.508 e. The number of hydrogen-bond acceptors (Lipinski definition) is 6. The second kappa shape index (κ2) is 8.22. The third kappa shape index (κ3) is 3.47. The fraction of sp³-hybridized carbons (Fsp3) is 0.0833. The van der Waals surface area contributed by atoms with Crippen molar-refractivity contribution < 1.29 is 9.90 Å². The Morgan fingerprint density at radius 1 is 0.969 bits per heavy atom. The van der Waals surface area contributed by atoms with Crippen molar-refractivity contribution in [2.75, 3.05) is 5.75 Å². The number of amides is 1. The lowest BCUT2D eigenvalue weighted by atomic mass is 10.1. The van der Waals surface area contributed by atoms with Crippen LogP contribution in [0.1, 0.15) is 10.9 Å². The molecule has 158 valence electrons. The Kier molecular flexibility index (Phi) is 5.24. The van der Waals surface area contributed by atoms with E-state index in [2.05, 4.69) is 0 Å². The Morgan fingerprint density at radius 3 is 2.41 bits per heavy atom. The first kappa shape index (κ1) is 20.4. The maximum atomic E-state index is 13.6. The van der Waals surface area contributed by atoms with Crippen LogP contribution < -0.4 is 5.56 Å². The summed E-state index contributed by atoms with van der Waals surface area (Å²) in [4.78, 5) is 32.7. The molecule has 1 saturated heterocycles. The van der Waals surface area contributed by atoms with Gasteiger partial charge in [-0.05, 0) is 42.0 Å². The molecule has 1 unspecified atom stereocenters. The van der Waals surface area contributed by atoms with E-state index in [0.29, 0.717) is 16.7 Å². The van der Waals surface area contributed by atoms with E-state index in [-0.39, 0.29) is 28.1 Å². The lowest BCUT2D eigenvalue weighted by Crippen LogP contribution is -2.43. The zero-order valence-corrected chi connectivity index (χ0v) is 18.3. The molecule has 4 aromatic rings. The molecule has 2 heterocycles. The van der Waals surface area contributed by atoms with E-state index in [4.69, 9.17) is 17.2 Å². The van der Waals surface area contributed by atoms with Gasteiger partial charge in [0.1, 0.15) is 16.9 Å². The number of aromatic nitrogens is 2. The minimum absolute atomic E-state index is 0.0835. The van der Waals surface area contributed by atoms with Gasteiger partial charge in [0.2, 0.25) is 5.91 Å². The second-order valence-electron chi connectivity index (χ2n) is 7.26. The number of thioether (sulfide) groups is 1. The summed E-state index contributed by atoms with van der Waals surface area (Å²) in [5, 5.41) is 9.74. The maximum absolute atomic E-state index is 13.6. The van der Waals surface area contributed by atoms with E-state index in [1.165, 1.54) is 21.2 Å². The van der Waals surface area contributed by atoms with Crippen molar-refractivity contribution in [1.82, 2.24) is 14.5 Å². The summed E-state index contributed by atoms with van der Waals surface area (Å²) < 4.78 is 1.35. The Bertz CT molecular complexity index is 1400. The highest BCUT2D eigenvalue weighted by atomic mass is 32.2. The number of phenolic OH excluding ortho intramolecular Hbond substituents is 1. The lowest BCUT2D eigenvalue weighted by Gasteiger charge is -2.26. The molecule has 1 fully saturated rings. The van der Waals surface area contributed by atoms with E-state index < -0.39 is 5.37 Å². The van der Waals surface area contributed by atoms with Crippen molar-refractivity contribution in [2.24, 2.45) is 0 Å². The van der Waals surface area contributed by atoms with Crippen molar-refractivity contribution in [3.05, 3.63) is 94.8 Å². The van der Waals surface area contributed by atoms with E-state index >= 15 is 0 Å². The summed E-state index contributed by atoms with van der Waals surface area (Å²) in [6.07, 6.45) is 0. The molecule has 0 radical (unpaired) electrons.